The first kappa shape index (κ1) is 26.3. The van der Waals surface area contributed by atoms with Crippen molar-refractivity contribution in [2.75, 3.05) is 14.1 Å². The van der Waals surface area contributed by atoms with E-state index in [9.17, 15) is 29.7 Å². The van der Waals surface area contributed by atoms with Gasteiger partial charge in [-0.2, -0.15) is 0 Å². The second kappa shape index (κ2) is 9.46. The van der Waals surface area contributed by atoms with Gasteiger partial charge in [-0.25, -0.2) is 0 Å². The zero-order valence-electron chi connectivity index (χ0n) is 20.5. The fourth-order valence-corrected chi connectivity index (χ4v) is 7.24. The molecular weight excluding hydrogens is 532 g/mol. The standard InChI is InChI=1S/C27H25ClN2O7S/c1-30(2)20-13-10-16-18(24(33)27(13,36)25(34)19(22(20)32)26(29)35)21(31)17-15(9-8-14(28)23(17)38-16)37-11-12-6-4-3-5-7-12/h3-9,13,16,20,31,34,36H,10-11H2,1-2H3,(H2,29,35). The van der Waals surface area contributed by atoms with Crippen molar-refractivity contribution in [3.05, 3.63) is 75.5 Å². The Balaban J connectivity index is 1.65. The Morgan fingerprint density at radius 3 is 2.50 bits per heavy atom. The number of hydrogen-bond acceptors (Lipinski definition) is 9. The molecule has 4 atom stereocenters. The van der Waals surface area contributed by atoms with Gasteiger partial charge in [-0.15, -0.1) is 11.8 Å². The van der Waals surface area contributed by atoms with Crippen LogP contribution in [0, 0.1) is 5.92 Å². The van der Waals surface area contributed by atoms with Crippen molar-refractivity contribution < 1.29 is 34.4 Å². The number of carbonyl (C=O) groups is 3. The normalized spacial score (nSPS) is 26.7. The molecule has 38 heavy (non-hydrogen) atoms. The highest BCUT2D eigenvalue weighted by Gasteiger charge is 2.64. The third-order valence-electron chi connectivity index (χ3n) is 7.27. The van der Waals surface area contributed by atoms with E-state index in [0.717, 1.165) is 5.56 Å². The lowest BCUT2D eigenvalue weighted by Crippen LogP contribution is -2.66. The number of hydrogen-bond donors (Lipinski definition) is 4. The summed E-state index contributed by atoms with van der Waals surface area (Å²) < 4.78 is 5.98. The Kier molecular flexibility index (Phi) is 6.55. The number of nitrogens with zero attached hydrogens (tertiary/aromatic N) is 1. The number of aliphatic hydroxyl groups is 3. The summed E-state index contributed by atoms with van der Waals surface area (Å²) in [5, 5.41) is 33.7. The van der Waals surface area contributed by atoms with Gasteiger partial charge in [-0.1, -0.05) is 41.9 Å². The topological polar surface area (TPSA) is 150 Å². The summed E-state index contributed by atoms with van der Waals surface area (Å²) in [5.41, 5.74) is 2.80. The SMILES string of the molecule is CN(C)C1C(=O)C(C(N)=O)=C(O)C2(O)C(=O)C3=C(O)c4c(OCc5ccccc5)ccc(Cl)c4SC3CC12. The van der Waals surface area contributed by atoms with Crippen molar-refractivity contribution >= 4 is 46.6 Å². The largest absolute Gasteiger partial charge is 0.508 e. The Labute approximate surface area is 227 Å². The molecule has 0 saturated heterocycles. The average Bonchev–Trinajstić information content (AvgIpc) is 2.86. The van der Waals surface area contributed by atoms with E-state index in [0.29, 0.717) is 9.92 Å². The molecule has 9 nitrogen and oxygen atoms in total. The number of ketones is 2. The minimum Gasteiger partial charge on any atom is -0.508 e. The van der Waals surface area contributed by atoms with Crippen molar-refractivity contribution in [1.29, 1.82) is 0 Å². The number of benzene rings is 2. The quantitative estimate of drug-likeness (QED) is 0.407. The van der Waals surface area contributed by atoms with Crippen LogP contribution < -0.4 is 10.5 Å². The molecule has 1 saturated carbocycles. The van der Waals surface area contributed by atoms with Gasteiger partial charge in [-0.3, -0.25) is 19.3 Å². The molecule has 0 spiro atoms. The van der Waals surface area contributed by atoms with Crippen LogP contribution in [-0.4, -0.2) is 68.7 Å². The molecule has 11 heteroatoms. The molecular formula is C27H25ClN2O7S. The Bertz CT molecular complexity index is 1440. The fraction of sp³-hybridized carbons (Fsp3) is 0.296. The number of amides is 1. The molecule has 0 radical (unpaired) electrons. The van der Waals surface area contributed by atoms with E-state index in [1.54, 1.807) is 26.2 Å². The van der Waals surface area contributed by atoms with Gasteiger partial charge >= 0.3 is 0 Å². The second-order valence-corrected chi connectivity index (χ2v) is 11.3. The van der Waals surface area contributed by atoms with E-state index >= 15 is 0 Å². The maximum Gasteiger partial charge on any atom is 0.255 e. The van der Waals surface area contributed by atoms with E-state index in [1.165, 1.54) is 16.7 Å². The molecule has 2 aromatic carbocycles. The van der Waals surface area contributed by atoms with Crippen LogP contribution in [0.15, 0.2) is 64.3 Å². The predicted molar refractivity (Wildman–Crippen MR) is 141 cm³/mol. The first-order chi connectivity index (χ1) is 18.0. The number of thioether (sulfide) groups is 1. The van der Waals surface area contributed by atoms with Crippen LogP contribution in [0.1, 0.15) is 17.5 Å². The summed E-state index contributed by atoms with van der Waals surface area (Å²) in [7, 11) is 3.13. The number of likely N-dealkylation sites (N-methyl/N-ethyl adjacent to an activating group) is 1. The molecule has 2 aliphatic carbocycles. The van der Waals surface area contributed by atoms with Crippen molar-refractivity contribution in [1.82, 2.24) is 4.90 Å². The smallest absolute Gasteiger partial charge is 0.255 e. The Morgan fingerprint density at radius 1 is 1.18 bits per heavy atom. The third kappa shape index (κ3) is 3.82. The number of halogens is 1. The molecule has 4 unspecified atom stereocenters. The number of carbonyl (C=O) groups excluding carboxylic acids is 3. The first-order valence-electron chi connectivity index (χ1n) is 11.8. The van der Waals surface area contributed by atoms with Crippen LogP contribution in [0.2, 0.25) is 5.02 Å². The number of primary amides is 1. The van der Waals surface area contributed by atoms with E-state index in [1.807, 2.05) is 30.3 Å². The summed E-state index contributed by atoms with van der Waals surface area (Å²) in [5.74, 6) is -5.44. The van der Waals surface area contributed by atoms with Gasteiger partial charge in [-0.05, 0) is 38.2 Å². The molecule has 2 aromatic rings. The number of nitrogens with two attached hydrogens (primary N) is 1. The highest BCUT2D eigenvalue weighted by molar-refractivity contribution is 8.00. The lowest BCUT2D eigenvalue weighted by molar-refractivity contribution is -0.151. The zero-order chi connectivity index (χ0) is 27.5. The molecule has 1 aliphatic heterocycles. The number of Topliss-reactive ketones (excluding diaryl/α,β-unsaturated/α-hetero) is 2. The maximum absolute atomic E-state index is 13.9. The van der Waals surface area contributed by atoms with Crippen LogP contribution >= 0.6 is 23.4 Å². The lowest BCUT2D eigenvalue weighted by Gasteiger charge is -2.50. The Hall–Kier alpha value is -3.31. The highest BCUT2D eigenvalue weighted by atomic mass is 35.5. The molecule has 0 aromatic heterocycles. The number of rotatable bonds is 5. The first-order valence-corrected chi connectivity index (χ1v) is 13.0. The van der Waals surface area contributed by atoms with Gasteiger partial charge in [0.15, 0.2) is 11.4 Å². The summed E-state index contributed by atoms with van der Waals surface area (Å²) in [4.78, 5) is 41.1. The summed E-state index contributed by atoms with van der Waals surface area (Å²) in [6, 6.07) is 11.5. The molecule has 5 rings (SSSR count). The second-order valence-electron chi connectivity index (χ2n) is 9.69. The highest BCUT2D eigenvalue weighted by Crippen LogP contribution is 2.56. The maximum atomic E-state index is 13.9. The minimum atomic E-state index is -2.64. The minimum absolute atomic E-state index is 0.0157. The monoisotopic (exact) mass is 556 g/mol. The van der Waals surface area contributed by atoms with Crippen molar-refractivity contribution in [2.45, 2.75) is 34.8 Å². The predicted octanol–water partition coefficient (Wildman–Crippen LogP) is 2.79. The van der Waals surface area contributed by atoms with Gasteiger partial charge in [0, 0.05) is 16.1 Å². The van der Waals surface area contributed by atoms with Crippen molar-refractivity contribution in [3.63, 3.8) is 0 Å². The molecule has 3 aliphatic rings. The van der Waals surface area contributed by atoms with Crippen molar-refractivity contribution in [2.24, 2.45) is 11.7 Å². The zero-order valence-corrected chi connectivity index (χ0v) is 22.0. The Morgan fingerprint density at radius 2 is 1.87 bits per heavy atom. The summed E-state index contributed by atoms with van der Waals surface area (Å²) >= 11 is 7.71. The number of ether oxygens (including phenoxy) is 1. The fourth-order valence-electron chi connectivity index (χ4n) is 5.53. The summed E-state index contributed by atoms with van der Waals surface area (Å²) in [6.07, 6.45) is 0.0157. The number of fused-ring (bicyclic) bond motifs is 3. The van der Waals surface area contributed by atoms with Crippen LogP contribution in [-0.2, 0) is 21.0 Å². The van der Waals surface area contributed by atoms with Crippen LogP contribution in [0.5, 0.6) is 5.75 Å². The van der Waals surface area contributed by atoms with E-state index < -0.39 is 57.4 Å². The van der Waals surface area contributed by atoms with E-state index in [4.69, 9.17) is 22.1 Å². The van der Waals surface area contributed by atoms with Gasteiger partial charge < -0.3 is 25.8 Å². The molecule has 1 fully saturated rings. The molecule has 198 valence electrons. The molecule has 1 heterocycles. The molecule has 0 bridgehead atoms. The third-order valence-corrected chi connectivity index (χ3v) is 9.07. The lowest BCUT2D eigenvalue weighted by atomic mass is 9.62. The van der Waals surface area contributed by atoms with Crippen LogP contribution in [0.3, 0.4) is 0 Å². The van der Waals surface area contributed by atoms with Crippen LogP contribution in [0.25, 0.3) is 5.76 Å². The van der Waals surface area contributed by atoms with Gasteiger partial charge in [0.1, 0.15) is 29.4 Å². The average molecular weight is 557 g/mol. The van der Waals surface area contributed by atoms with E-state index in [-0.39, 0.29) is 29.9 Å². The van der Waals surface area contributed by atoms with Gasteiger partial charge in [0.25, 0.3) is 5.91 Å². The number of aliphatic hydroxyl groups excluding tert-OH is 2. The van der Waals surface area contributed by atoms with Gasteiger partial charge in [0.2, 0.25) is 5.78 Å². The van der Waals surface area contributed by atoms with Crippen LogP contribution in [0.4, 0.5) is 0 Å². The molecule has 1 amide bonds. The van der Waals surface area contributed by atoms with Gasteiger partial charge in [0.05, 0.1) is 22.2 Å². The van der Waals surface area contributed by atoms with E-state index in [2.05, 4.69) is 0 Å². The van der Waals surface area contributed by atoms with Crippen molar-refractivity contribution in [3.8, 4) is 5.75 Å². The molecule has 5 N–H and O–H groups in total. The summed E-state index contributed by atoms with van der Waals surface area (Å²) in [6.45, 7) is 0.184.